The predicted octanol–water partition coefficient (Wildman–Crippen LogP) is 3.21. The summed E-state index contributed by atoms with van der Waals surface area (Å²) < 4.78 is 10.7. The van der Waals surface area contributed by atoms with Gasteiger partial charge in [-0.05, 0) is 35.7 Å². The number of fused-ring (bicyclic) bond motifs is 1. The van der Waals surface area contributed by atoms with Crippen LogP contribution in [0.3, 0.4) is 0 Å². The van der Waals surface area contributed by atoms with E-state index in [0.717, 1.165) is 5.56 Å². The number of carbonyl (C=O) groups excluding carboxylic acids is 1. The van der Waals surface area contributed by atoms with E-state index >= 15 is 0 Å². The molecular formula is C21H21ClN2O5. The van der Waals surface area contributed by atoms with Crippen molar-refractivity contribution in [3.05, 3.63) is 68.5 Å². The normalized spacial score (nSPS) is 10.9. The zero-order valence-electron chi connectivity index (χ0n) is 16.1. The molecule has 0 spiro atoms. The third kappa shape index (κ3) is 4.52. The zero-order valence-corrected chi connectivity index (χ0v) is 16.8. The molecule has 1 amide bonds. The highest BCUT2D eigenvalue weighted by atomic mass is 35.5. The molecule has 3 N–H and O–H groups in total. The summed E-state index contributed by atoms with van der Waals surface area (Å²) in [6, 6.07) is 10.2. The van der Waals surface area contributed by atoms with Crippen LogP contribution in [0, 0.1) is 0 Å². The van der Waals surface area contributed by atoms with Crippen molar-refractivity contribution in [3.63, 3.8) is 0 Å². The Morgan fingerprint density at radius 2 is 2.00 bits per heavy atom. The number of aliphatic hydroxyl groups excluding tert-OH is 1. The summed E-state index contributed by atoms with van der Waals surface area (Å²) in [4.78, 5) is 25.8. The number of carbonyl (C=O) groups is 1. The molecule has 0 radical (unpaired) electrons. The van der Waals surface area contributed by atoms with E-state index in [9.17, 15) is 14.7 Å². The van der Waals surface area contributed by atoms with Gasteiger partial charge in [-0.2, -0.15) is 0 Å². The molecule has 0 fully saturated rings. The fourth-order valence-corrected chi connectivity index (χ4v) is 3.25. The molecule has 3 rings (SSSR count). The van der Waals surface area contributed by atoms with Crippen molar-refractivity contribution in [1.29, 1.82) is 0 Å². The lowest BCUT2D eigenvalue weighted by molar-refractivity contribution is 0.172. The highest BCUT2D eigenvalue weighted by molar-refractivity contribution is 6.33. The highest BCUT2D eigenvalue weighted by Gasteiger charge is 2.19. The quantitative estimate of drug-likeness (QED) is 0.488. The van der Waals surface area contributed by atoms with Gasteiger partial charge in [0.15, 0.2) is 5.75 Å². The molecule has 0 unspecified atom stereocenters. The van der Waals surface area contributed by atoms with Crippen LogP contribution in [-0.4, -0.2) is 36.8 Å². The molecule has 3 aromatic rings. The summed E-state index contributed by atoms with van der Waals surface area (Å²) in [6.07, 6.45) is -0.0666. The molecule has 0 saturated carbocycles. The lowest BCUT2D eigenvalue weighted by Gasteiger charge is -2.14. The lowest BCUT2D eigenvalue weighted by Crippen LogP contribution is -2.25. The van der Waals surface area contributed by atoms with Crippen molar-refractivity contribution >= 4 is 34.4 Å². The van der Waals surface area contributed by atoms with Crippen molar-refractivity contribution in [3.8, 4) is 5.75 Å². The lowest BCUT2D eigenvalue weighted by atomic mass is 9.96. The number of benzene rings is 2. The van der Waals surface area contributed by atoms with Gasteiger partial charge in [-0.3, -0.25) is 0 Å². The summed E-state index contributed by atoms with van der Waals surface area (Å²) in [7, 11) is 3.08. The topological polar surface area (TPSA) is 106 Å². The van der Waals surface area contributed by atoms with Crippen LogP contribution < -0.4 is 16.1 Å². The van der Waals surface area contributed by atoms with E-state index in [1.807, 2.05) is 6.07 Å². The number of amides is 1. The smallest absolute Gasteiger partial charge is 0.414 e. The molecule has 0 saturated heterocycles. The number of nitrogen functional groups attached to an aromatic ring is 1. The number of hydrogen-bond donors (Lipinski definition) is 2. The summed E-state index contributed by atoms with van der Waals surface area (Å²) in [6.45, 7) is -0.155. The van der Waals surface area contributed by atoms with Gasteiger partial charge in [-0.25, -0.2) is 9.59 Å². The van der Waals surface area contributed by atoms with Crippen LogP contribution in [0.15, 0.2) is 45.6 Å². The Morgan fingerprint density at radius 1 is 1.24 bits per heavy atom. The number of rotatable bonds is 5. The first-order valence-electron chi connectivity index (χ1n) is 8.92. The first-order chi connectivity index (χ1) is 13.8. The molecule has 1 heterocycles. The Bertz CT molecular complexity index is 1120. The second-order valence-electron chi connectivity index (χ2n) is 6.78. The third-order valence-electron chi connectivity index (χ3n) is 4.43. The molecule has 0 aliphatic rings. The van der Waals surface area contributed by atoms with E-state index in [1.54, 1.807) is 38.4 Å². The molecule has 8 heteroatoms. The molecule has 2 aromatic carbocycles. The van der Waals surface area contributed by atoms with Crippen LogP contribution in [0.4, 0.5) is 10.5 Å². The molecule has 0 bridgehead atoms. The molecule has 0 atom stereocenters. The second kappa shape index (κ2) is 8.55. The van der Waals surface area contributed by atoms with E-state index in [-0.39, 0.29) is 29.4 Å². The van der Waals surface area contributed by atoms with Gasteiger partial charge in [0.05, 0.1) is 5.02 Å². The van der Waals surface area contributed by atoms with Gasteiger partial charge in [-0.1, -0.05) is 23.7 Å². The van der Waals surface area contributed by atoms with Crippen LogP contribution in [0.2, 0.25) is 5.02 Å². The molecule has 152 valence electrons. The van der Waals surface area contributed by atoms with Crippen molar-refractivity contribution in [1.82, 2.24) is 4.90 Å². The molecule has 1 aromatic heterocycles. The molecule has 7 nitrogen and oxygen atoms in total. The van der Waals surface area contributed by atoms with Crippen molar-refractivity contribution in [2.45, 2.75) is 12.8 Å². The number of hydrogen-bond acceptors (Lipinski definition) is 6. The standard InChI is InChI=1S/C21H21ClN2O5/c1-24(2)21(27)29-19-11-18-15(10-17(19)22)14(6-7-25)16(20(26)28-18)9-12-4-3-5-13(23)8-12/h3-5,8,10-11,25H,6-7,9,23H2,1-2H3. The largest absolute Gasteiger partial charge is 0.422 e. The Balaban J connectivity index is 2.13. The minimum Gasteiger partial charge on any atom is -0.422 e. The van der Waals surface area contributed by atoms with Crippen molar-refractivity contribution < 1.29 is 19.1 Å². The number of ether oxygens (including phenoxy) is 1. The van der Waals surface area contributed by atoms with Crippen LogP contribution in [-0.2, 0) is 12.8 Å². The van der Waals surface area contributed by atoms with E-state index < -0.39 is 11.7 Å². The van der Waals surface area contributed by atoms with Crippen molar-refractivity contribution in [2.75, 3.05) is 26.4 Å². The monoisotopic (exact) mass is 416 g/mol. The third-order valence-corrected chi connectivity index (χ3v) is 4.72. The average Bonchev–Trinajstić information content (AvgIpc) is 2.66. The van der Waals surface area contributed by atoms with Gasteiger partial charge in [0, 0.05) is 49.8 Å². The Kier molecular flexibility index (Phi) is 6.10. The zero-order chi connectivity index (χ0) is 21.1. The van der Waals surface area contributed by atoms with Crippen molar-refractivity contribution in [2.24, 2.45) is 0 Å². The molecule has 29 heavy (non-hydrogen) atoms. The Labute approximate surface area is 172 Å². The van der Waals surface area contributed by atoms with Gasteiger partial charge in [-0.15, -0.1) is 0 Å². The summed E-state index contributed by atoms with van der Waals surface area (Å²) >= 11 is 6.30. The van der Waals surface area contributed by atoms with Crippen LogP contribution in [0.25, 0.3) is 11.0 Å². The fourth-order valence-electron chi connectivity index (χ4n) is 3.05. The highest BCUT2D eigenvalue weighted by Crippen LogP contribution is 2.33. The Morgan fingerprint density at radius 3 is 2.66 bits per heavy atom. The van der Waals surface area contributed by atoms with E-state index in [0.29, 0.717) is 28.6 Å². The molecule has 0 aliphatic heterocycles. The van der Waals surface area contributed by atoms with E-state index in [2.05, 4.69) is 0 Å². The minimum atomic E-state index is -0.609. The molecular weight excluding hydrogens is 396 g/mol. The maximum absolute atomic E-state index is 12.7. The van der Waals surface area contributed by atoms with Gasteiger partial charge in [0.1, 0.15) is 5.58 Å². The van der Waals surface area contributed by atoms with Crippen LogP contribution in [0.1, 0.15) is 16.7 Å². The predicted molar refractivity (Wildman–Crippen MR) is 112 cm³/mol. The maximum Gasteiger partial charge on any atom is 0.414 e. The van der Waals surface area contributed by atoms with E-state index in [1.165, 1.54) is 11.0 Å². The maximum atomic E-state index is 12.7. The first-order valence-corrected chi connectivity index (χ1v) is 9.30. The second-order valence-corrected chi connectivity index (χ2v) is 7.19. The van der Waals surface area contributed by atoms with Crippen LogP contribution in [0.5, 0.6) is 5.75 Å². The molecule has 0 aliphatic carbocycles. The fraction of sp³-hybridized carbons (Fsp3) is 0.238. The van der Waals surface area contributed by atoms with Gasteiger partial charge < -0.3 is 24.9 Å². The first kappa shape index (κ1) is 20.7. The number of anilines is 1. The number of nitrogens with two attached hydrogens (primary N) is 1. The van der Waals surface area contributed by atoms with Gasteiger partial charge in [0.2, 0.25) is 0 Å². The minimum absolute atomic E-state index is 0.0829. The number of halogens is 1. The summed E-state index contributed by atoms with van der Waals surface area (Å²) in [5.74, 6) is 0.0829. The number of nitrogens with zero attached hydrogens (tertiary/aromatic N) is 1. The Hall–Kier alpha value is -3.03. The van der Waals surface area contributed by atoms with E-state index in [4.69, 9.17) is 26.5 Å². The van der Waals surface area contributed by atoms with Gasteiger partial charge >= 0.3 is 11.7 Å². The van der Waals surface area contributed by atoms with Crippen LogP contribution >= 0.6 is 11.6 Å². The summed E-state index contributed by atoms with van der Waals surface area (Å²) in [5, 5.41) is 10.3. The average molecular weight is 417 g/mol. The number of aliphatic hydroxyl groups is 1. The van der Waals surface area contributed by atoms with Gasteiger partial charge in [0.25, 0.3) is 0 Å². The SMILES string of the molecule is CN(C)C(=O)Oc1cc2oc(=O)c(Cc3cccc(N)c3)c(CCO)c2cc1Cl. The summed E-state index contributed by atoms with van der Waals surface area (Å²) in [5.41, 5.74) is 8.01.